The second-order valence-corrected chi connectivity index (χ2v) is 9.07. The first-order chi connectivity index (χ1) is 15.5. The number of hydrogen-bond acceptors (Lipinski definition) is 6. The van der Waals surface area contributed by atoms with Gasteiger partial charge in [-0.15, -0.1) is 15.3 Å². The molecule has 0 unspecified atom stereocenters. The lowest BCUT2D eigenvalue weighted by molar-refractivity contribution is -0.136. The largest absolute Gasteiger partial charge is 0.368 e. The van der Waals surface area contributed by atoms with Gasteiger partial charge in [-0.1, -0.05) is 12.1 Å². The highest BCUT2D eigenvalue weighted by molar-refractivity contribution is 5.79. The van der Waals surface area contributed by atoms with E-state index in [0.717, 1.165) is 69.4 Å². The molecule has 32 heavy (non-hydrogen) atoms. The quantitative estimate of drug-likeness (QED) is 0.633. The summed E-state index contributed by atoms with van der Waals surface area (Å²) in [5, 5.41) is 12.9. The van der Waals surface area contributed by atoms with Crippen LogP contribution in [0.4, 0.5) is 11.5 Å². The normalized spacial score (nSPS) is 17.9. The van der Waals surface area contributed by atoms with E-state index in [1.54, 1.807) is 4.52 Å². The molecule has 2 aliphatic heterocycles. The Bertz CT molecular complexity index is 1120. The second kappa shape index (κ2) is 8.41. The van der Waals surface area contributed by atoms with Gasteiger partial charge in [-0.05, 0) is 62.9 Å². The Hall–Kier alpha value is -3.16. The maximum absolute atomic E-state index is 13.2. The van der Waals surface area contributed by atoms with Gasteiger partial charge in [0.15, 0.2) is 11.5 Å². The SMILES string of the molecule is Cc1ccc(C)c(N2CCN(C(=O)C3CCN(c4ccc5nnc(C)n5n4)CC3)CC2)c1. The number of rotatable bonds is 3. The van der Waals surface area contributed by atoms with E-state index in [0.29, 0.717) is 5.91 Å². The van der Waals surface area contributed by atoms with Crippen molar-refractivity contribution in [3.63, 3.8) is 0 Å². The first kappa shape index (κ1) is 20.7. The van der Waals surface area contributed by atoms with Gasteiger partial charge in [0.1, 0.15) is 5.82 Å². The van der Waals surface area contributed by atoms with Crippen LogP contribution in [-0.4, -0.2) is 69.9 Å². The molecule has 8 heteroatoms. The number of piperidine rings is 1. The molecule has 1 aromatic carbocycles. The third-order valence-electron chi connectivity index (χ3n) is 6.87. The fraction of sp³-hybridized carbons (Fsp3) is 0.500. The maximum atomic E-state index is 13.2. The van der Waals surface area contributed by atoms with Crippen LogP contribution in [-0.2, 0) is 4.79 Å². The van der Waals surface area contributed by atoms with E-state index in [1.807, 2.05) is 19.1 Å². The average molecular weight is 434 g/mol. The molecular formula is C24H31N7O. The van der Waals surface area contributed by atoms with Crippen LogP contribution in [0.25, 0.3) is 5.65 Å². The smallest absolute Gasteiger partial charge is 0.225 e. The topological polar surface area (TPSA) is 69.9 Å². The zero-order valence-electron chi connectivity index (χ0n) is 19.2. The number of aromatic nitrogens is 4. The molecule has 0 bridgehead atoms. The van der Waals surface area contributed by atoms with Crippen LogP contribution in [0, 0.1) is 26.7 Å². The van der Waals surface area contributed by atoms with Crippen molar-refractivity contribution in [2.75, 3.05) is 49.1 Å². The monoisotopic (exact) mass is 433 g/mol. The minimum atomic E-state index is 0.110. The molecular weight excluding hydrogens is 402 g/mol. The van der Waals surface area contributed by atoms with E-state index in [2.05, 4.69) is 62.0 Å². The van der Waals surface area contributed by atoms with Crippen molar-refractivity contribution in [1.29, 1.82) is 0 Å². The van der Waals surface area contributed by atoms with Crippen LogP contribution in [0.1, 0.15) is 29.8 Å². The van der Waals surface area contributed by atoms with Gasteiger partial charge in [0.25, 0.3) is 0 Å². The molecule has 5 rings (SSSR count). The Morgan fingerprint density at radius 1 is 0.875 bits per heavy atom. The van der Waals surface area contributed by atoms with Gasteiger partial charge in [-0.25, -0.2) is 0 Å². The van der Waals surface area contributed by atoms with Crippen LogP contribution in [0.2, 0.25) is 0 Å². The fourth-order valence-electron chi connectivity index (χ4n) is 4.90. The Morgan fingerprint density at radius 3 is 2.38 bits per heavy atom. The van der Waals surface area contributed by atoms with Crippen molar-refractivity contribution < 1.29 is 4.79 Å². The lowest BCUT2D eigenvalue weighted by Gasteiger charge is -2.40. The molecule has 2 aliphatic rings. The van der Waals surface area contributed by atoms with Crippen molar-refractivity contribution in [2.45, 2.75) is 33.6 Å². The molecule has 2 fully saturated rings. The molecule has 0 atom stereocenters. The van der Waals surface area contributed by atoms with E-state index in [4.69, 9.17) is 0 Å². The van der Waals surface area contributed by atoms with Gasteiger partial charge in [0, 0.05) is 50.9 Å². The molecule has 2 aromatic heterocycles. The highest BCUT2D eigenvalue weighted by Crippen LogP contribution is 2.26. The maximum Gasteiger partial charge on any atom is 0.225 e. The highest BCUT2D eigenvalue weighted by atomic mass is 16.2. The molecule has 0 saturated carbocycles. The van der Waals surface area contributed by atoms with Gasteiger partial charge in [0.2, 0.25) is 5.91 Å². The van der Waals surface area contributed by atoms with Gasteiger partial charge >= 0.3 is 0 Å². The molecule has 4 heterocycles. The summed E-state index contributed by atoms with van der Waals surface area (Å²) >= 11 is 0. The van der Waals surface area contributed by atoms with E-state index in [9.17, 15) is 4.79 Å². The van der Waals surface area contributed by atoms with Gasteiger partial charge in [-0.2, -0.15) is 4.52 Å². The van der Waals surface area contributed by atoms with Crippen LogP contribution in [0.5, 0.6) is 0 Å². The number of anilines is 2. The van der Waals surface area contributed by atoms with Crippen molar-refractivity contribution in [2.24, 2.45) is 5.92 Å². The predicted octanol–water partition coefficient (Wildman–Crippen LogP) is 2.61. The van der Waals surface area contributed by atoms with Crippen molar-refractivity contribution in [3.05, 3.63) is 47.3 Å². The molecule has 168 valence electrons. The first-order valence-corrected chi connectivity index (χ1v) is 11.5. The summed E-state index contributed by atoms with van der Waals surface area (Å²) in [6.45, 7) is 11.3. The fourth-order valence-corrected chi connectivity index (χ4v) is 4.90. The summed E-state index contributed by atoms with van der Waals surface area (Å²) in [5.41, 5.74) is 4.65. The molecule has 0 spiro atoms. The van der Waals surface area contributed by atoms with Gasteiger partial charge in [0.05, 0.1) is 0 Å². The first-order valence-electron chi connectivity index (χ1n) is 11.5. The summed E-state index contributed by atoms with van der Waals surface area (Å²) in [7, 11) is 0. The predicted molar refractivity (Wildman–Crippen MR) is 125 cm³/mol. The Labute approximate surface area is 188 Å². The number of benzene rings is 1. The van der Waals surface area contributed by atoms with Gasteiger partial charge in [-0.3, -0.25) is 4.79 Å². The number of amides is 1. The average Bonchev–Trinajstić information content (AvgIpc) is 3.20. The highest BCUT2D eigenvalue weighted by Gasteiger charge is 2.31. The lowest BCUT2D eigenvalue weighted by Crippen LogP contribution is -2.52. The summed E-state index contributed by atoms with van der Waals surface area (Å²) in [6.07, 6.45) is 1.74. The minimum Gasteiger partial charge on any atom is -0.368 e. The summed E-state index contributed by atoms with van der Waals surface area (Å²) in [6, 6.07) is 10.6. The van der Waals surface area contributed by atoms with Crippen LogP contribution in [0.15, 0.2) is 30.3 Å². The van der Waals surface area contributed by atoms with E-state index in [-0.39, 0.29) is 5.92 Å². The molecule has 8 nitrogen and oxygen atoms in total. The Balaban J connectivity index is 1.17. The number of hydrogen-bond donors (Lipinski definition) is 0. The molecule has 2 saturated heterocycles. The Kier molecular flexibility index (Phi) is 5.45. The summed E-state index contributed by atoms with van der Waals surface area (Å²) < 4.78 is 1.78. The minimum absolute atomic E-state index is 0.110. The number of fused-ring (bicyclic) bond motifs is 1. The molecule has 0 aliphatic carbocycles. The van der Waals surface area contributed by atoms with E-state index < -0.39 is 0 Å². The van der Waals surface area contributed by atoms with Gasteiger partial charge < -0.3 is 14.7 Å². The van der Waals surface area contributed by atoms with Crippen molar-refractivity contribution >= 4 is 23.1 Å². The molecule has 3 aromatic rings. The summed E-state index contributed by atoms with van der Waals surface area (Å²) in [4.78, 5) is 20.0. The number of carbonyl (C=O) groups is 1. The summed E-state index contributed by atoms with van der Waals surface area (Å²) in [5.74, 6) is 2.14. The van der Waals surface area contributed by atoms with Crippen LogP contribution in [0.3, 0.4) is 0 Å². The zero-order valence-corrected chi connectivity index (χ0v) is 19.2. The number of nitrogens with zero attached hydrogens (tertiary/aromatic N) is 7. The van der Waals surface area contributed by atoms with Crippen LogP contribution < -0.4 is 9.80 Å². The van der Waals surface area contributed by atoms with Crippen LogP contribution >= 0.6 is 0 Å². The third kappa shape index (κ3) is 3.89. The standard InChI is InChI=1S/C24H31N7O/c1-17-4-5-18(2)21(16-17)28-12-14-30(15-13-28)24(32)20-8-10-29(11-9-20)23-7-6-22-26-25-19(3)31(22)27-23/h4-7,16,20H,8-15H2,1-3H3. The van der Waals surface area contributed by atoms with Crippen molar-refractivity contribution in [1.82, 2.24) is 24.7 Å². The van der Waals surface area contributed by atoms with Crippen molar-refractivity contribution in [3.8, 4) is 0 Å². The molecule has 0 N–H and O–H groups in total. The number of aryl methyl sites for hydroxylation is 3. The zero-order chi connectivity index (χ0) is 22.2. The molecule has 1 amide bonds. The van der Waals surface area contributed by atoms with E-state index >= 15 is 0 Å². The Morgan fingerprint density at radius 2 is 1.62 bits per heavy atom. The second-order valence-electron chi connectivity index (χ2n) is 9.07. The lowest BCUT2D eigenvalue weighted by atomic mass is 9.95. The molecule has 0 radical (unpaired) electrons. The third-order valence-corrected chi connectivity index (χ3v) is 6.87. The van der Waals surface area contributed by atoms with E-state index in [1.165, 1.54) is 16.8 Å². The number of carbonyl (C=O) groups excluding carboxylic acids is 1. The number of piperazine rings is 1.